The van der Waals surface area contributed by atoms with Crippen molar-refractivity contribution in [2.24, 2.45) is 0 Å². The summed E-state index contributed by atoms with van der Waals surface area (Å²) in [4.78, 5) is 38.3. The number of carbonyl (C=O) groups excluding carboxylic acids is 3. The van der Waals surface area contributed by atoms with Crippen LogP contribution in [0.3, 0.4) is 0 Å². The molecule has 0 aromatic carbocycles. The molecular weight excluding hydrogens is 446 g/mol. The van der Waals surface area contributed by atoms with Crippen molar-refractivity contribution < 1.29 is 28.6 Å². The van der Waals surface area contributed by atoms with Crippen LogP contribution in [0.4, 0.5) is 4.79 Å². The number of hydrogen-bond donors (Lipinski definition) is 0. The van der Waals surface area contributed by atoms with Crippen molar-refractivity contribution in [3.8, 4) is 0 Å². The van der Waals surface area contributed by atoms with Crippen molar-refractivity contribution in [3.63, 3.8) is 0 Å². The van der Waals surface area contributed by atoms with Crippen LogP contribution in [-0.4, -0.2) is 63.5 Å². The van der Waals surface area contributed by atoms with Crippen LogP contribution >= 0.6 is 33.3 Å². The summed E-state index contributed by atoms with van der Waals surface area (Å²) in [5, 5.41) is 0.694. The van der Waals surface area contributed by atoms with Gasteiger partial charge in [0.05, 0.1) is 5.88 Å². The van der Waals surface area contributed by atoms with Gasteiger partial charge in [0, 0.05) is 29.1 Å². The van der Waals surface area contributed by atoms with Crippen LogP contribution in [0.15, 0.2) is 12.7 Å². The van der Waals surface area contributed by atoms with E-state index in [0.717, 1.165) is 19.3 Å². The largest absolute Gasteiger partial charge is 0.460 e. The average molecular weight is 478 g/mol. The van der Waals surface area contributed by atoms with Gasteiger partial charge in [0.1, 0.15) is 12.6 Å². The van der Waals surface area contributed by atoms with Crippen LogP contribution in [0.2, 0.25) is 0 Å². The van der Waals surface area contributed by atoms with E-state index in [2.05, 4.69) is 6.58 Å². The van der Waals surface area contributed by atoms with E-state index in [1.54, 1.807) is 0 Å². The molecule has 0 bridgehead atoms. The standard InChI is InChI=1S/C20H31NO6S3/c1-5-11-25-18(23)17-20(3,4)28-13-21(17)19(24)27-14(2)26-16(22)9-7-6-8-15-10-12-29-30-15/h5,14-15,17H,1,6-13H2,2-4H3. The second kappa shape index (κ2) is 12.1. The molecule has 0 spiro atoms. The summed E-state index contributed by atoms with van der Waals surface area (Å²) in [6.45, 7) is 8.85. The van der Waals surface area contributed by atoms with E-state index in [0.29, 0.717) is 11.7 Å². The first kappa shape index (κ1) is 25.3. The number of thioether (sulfide) groups is 1. The van der Waals surface area contributed by atoms with E-state index in [1.165, 1.54) is 41.8 Å². The summed E-state index contributed by atoms with van der Waals surface area (Å²) in [7, 11) is 3.85. The molecule has 2 fully saturated rings. The zero-order valence-corrected chi connectivity index (χ0v) is 20.2. The Kier molecular flexibility index (Phi) is 10.2. The van der Waals surface area contributed by atoms with Gasteiger partial charge in [-0.15, -0.1) is 11.8 Å². The van der Waals surface area contributed by atoms with Gasteiger partial charge in [0.2, 0.25) is 6.29 Å². The third kappa shape index (κ3) is 7.60. The molecule has 1 amide bonds. The van der Waals surface area contributed by atoms with Gasteiger partial charge in [0.15, 0.2) is 0 Å². The molecule has 2 heterocycles. The van der Waals surface area contributed by atoms with Crippen molar-refractivity contribution in [3.05, 3.63) is 12.7 Å². The zero-order chi connectivity index (χ0) is 22.1. The SMILES string of the molecule is C=CCOC(=O)C1N(C(=O)OC(C)OC(=O)CCCCC2CCSS2)CSC1(C)C. The smallest absolute Gasteiger partial charge is 0.414 e. The van der Waals surface area contributed by atoms with E-state index in [1.807, 2.05) is 35.4 Å². The van der Waals surface area contributed by atoms with Crippen LogP contribution in [0.5, 0.6) is 0 Å². The predicted molar refractivity (Wildman–Crippen MR) is 122 cm³/mol. The normalized spacial score (nSPS) is 23.6. The van der Waals surface area contributed by atoms with Gasteiger partial charge in [-0.3, -0.25) is 9.69 Å². The lowest BCUT2D eigenvalue weighted by Gasteiger charge is -2.29. The Bertz CT molecular complexity index is 624. The fourth-order valence-corrected chi connectivity index (χ4v) is 7.37. The minimum atomic E-state index is -1.02. The van der Waals surface area contributed by atoms with E-state index < -0.39 is 29.1 Å². The molecule has 2 aliphatic rings. The topological polar surface area (TPSA) is 82.1 Å². The number of unbranched alkanes of at least 4 members (excludes halogenated alkanes) is 1. The van der Waals surface area contributed by atoms with Gasteiger partial charge in [-0.1, -0.05) is 40.7 Å². The Morgan fingerprint density at radius 3 is 2.70 bits per heavy atom. The van der Waals surface area contributed by atoms with Gasteiger partial charge >= 0.3 is 18.0 Å². The third-order valence-corrected chi connectivity index (χ3v) is 9.18. The van der Waals surface area contributed by atoms with Crippen LogP contribution in [-0.2, 0) is 23.8 Å². The summed E-state index contributed by atoms with van der Waals surface area (Å²) in [5.41, 5.74) is 0. The summed E-state index contributed by atoms with van der Waals surface area (Å²) in [6, 6.07) is -0.788. The highest BCUT2D eigenvalue weighted by Crippen LogP contribution is 2.41. The molecular formula is C20H31NO6S3. The van der Waals surface area contributed by atoms with Crippen molar-refractivity contribution >= 4 is 51.4 Å². The predicted octanol–water partition coefficient (Wildman–Crippen LogP) is 4.61. The number of esters is 2. The molecule has 3 unspecified atom stereocenters. The lowest BCUT2D eigenvalue weighted by atomic mass is 10.0. The van der Waals surface area contributed by atoms with Gasteiger partial charge < -0.3 is 14.2 Å². The molecule has 2 rings (SSSR count). The molecule has 0 aromatic rings. The third-order valence-electron chi connectivity index (χ3n) is 4.80. The lowest BCUT2D eigenvalue weighted by Crippen LogP contribution is -2.50. The van der Waals surface area contributed by atoms with E-state index in [4.69, 9.17) is 14.2 Å². The zero-order valence-electron chi connectivity index (χ0n) is 17.8. The van der Waals surface area contributed by atoms with Gasteiger partial charge in [-0.25, -0.2) is 9.59 Å². The fourth-order valence-electron chi connectivity index (χ4n) is 3.24. The lowest BCUT2D eigenvalue weighted by molar-refractivity contribution is -0.167. The van der Waals surface area contributed by atoms with Gasteiger partial charge in [0.25, 0.3) is 0 Å². The summed E-state index contributed by atoms with van der Waals surface area (Å²) in [5.74, 6) is 0.601. The number of rotatable bonds is 10. The first-order chi connectivity index (χ1) is 14.2. The average Bonchev–Trinajstić information content (AvgIpc) is 3.30. The van der Waals surface area contributed by atoms with Crippen LogP contribution < -0.4 is 0 Å². The number of carbonyl (C=O) groups is 3. The van der Waals surface area contributed by atoms with Crippen LogP contribution in [0.25, 0.3) is 0 Å². The monoisotopic (exact) mass is 477 g/mol. The molecule has 0 saturated carbocycles. The molecule has 0 radical (unpaired) electrons. The van der Waals surface area contributed by atoms with Crippen LogP contribution in [0.1, 0.15) is 52.9 Å². The summed E-state index contributed by atoms with van der Waals surface area (Å²) >= 11 is 1.46. The minimum absolute atomic E-state index is 0.0747. The molecule has 3 atom stereocenters. The van der Waals surface area contributed by atoms with E-state index in [-0.39, 0.29) is 18.5 Å². The van der Waals surface area contributed by atoms with Crippen molar-refractivity contribution in [1.29, 1.82) is 0 Å². The molecule has 170 valence electrons. The molecule has 0 aromatic heterocycles. The molecule has 7 nitrogen and oxygen atoms in total. The van der Waals surface area contributed by atoms with Gasteiger partial charge in [-0.2, -0.15) is 0 Å². The Balaban J connectivity index is 1.75. The molecule has 2 saturated heterocycles. The van der Waals surface area contributed by atoms with E-state index in [9.17, 15) is 14.4 Å². The van der Waals surface area contributed by atoms with Crippen LogP contribution in [0, 0.1) is 0 Å². The summed E-state index contributed by atoms with van der Waals surface area (Å²) < 4.78 is 15.1. The van der Waals surface area contributed by atoms with Crippen molar-refractivity contribution in [1.82, 2.24) is 4.90 Å². The minimum Gasteiger partial charge on any atom is -0.460 e. The molecule has 10 heteroatoms. The van der Waals surface area contributed by atoms with Crippen molar-refractivity contribution in [2.75, 3.05) is 18.2 Å². The second-order valence-corrected chi connectivity index (χ2v) is 12.1. The highest BCUT2D eigenvalue weighted by atomic mass is 33.1. The highest BCUT2D eigenvalue weighted by Gasteiger charge is 2.50. The number of nitrogens with zero attached hydrogens (tertiary/aromatic N) is 1. The number of hydrogen-bond acceptors (Lipinski definition) is 9. The maximum absolute atomic E-state index is 12.6. The maximum Gasteiger partial charge on any atom is 0.414 e. The Hall–Kier alpha value is -1.00. The second-order valence-electron chi connectivity index (χ2n) is 7.68. The first-order valence-corrected chi connectivity index (χ1v) is 13.5. The quantitative estimate of drug-likeness (QED) is 0.147. The number of amides is 1. The number of ether oxygens (including phenoxy) is 3. The molecule has 0 N–H and O–H groups in total. The Morgan fingerprint density at radius 2 is 2.03 bits per heavy atom. The van der Waals surface area contributed by atoms with Gasteiger partial charge in [-0.05, 0) is 33.1 Å². The Labute approximate surface area is 190 Å². The first-order valence-electron chi connectivity index (χ1n) is 10.1. The van der Waals surface area contributed by atoms with Crippen molar-refractivity contribution in [2.45, 2.75) is 75.2 Å². The van der Waals surface area contributed by atoms with E-state index >= 15 is 0 Å². The maximum atomic E-state index is 12.6. The fraction of sp³-hybridized carbons (Fsp3) is 0.750. The summed E-state index contributed by atoms with van der Waals surface area (Å²) in [6.07, 6.45) is 4.14. The molecule has 30 heavy (non-hydrogen) atoms. The highest BCUT2D eigenvalue weighted by molar-refractivity contribution is 8.77. The molecule has 2 aliphatic heterocycles. The molecule has 0 aliphatic carbocycles. The Morgan fingerprint density at radius 1 is 1.27 bits per heavy atom.